The number of carbonyl (C=O) groups is 2. The second kappa shape index (κ2) is 11.6. The lowest BCUT2D eigenvalue weighted by Gasteiger charge is -2.32. The third kappa shape index (κ3) is 6.10. The molecule has 1 aliphatic heterocycles. The highest BCUT2D eigenvalue weighted by atomic mass is 35.5. The Morgan fingerprint density at radius 2 is 1.75 bits per heavy atom. The summed E-state index contributed by atoms with van der Waals surface area (Å²) in [6.07, 6.45) is -3.89. The highest BCUT2D eigenvalue weighted by Gasteiger charge is 2.40. The summed E-state index contributed by atoms with van der Waals surface area (Å²) in [5, 5.41) is 2.73. The summed E-state index contributed by atoms with van der Waals surface area (Å²) >= 11 is 6.60. The lowest BCUT2D eigenvalue weighted by atomic mass is 9.79. The summed E-state index contributed by atoms with van der Waals surface area (Å²) in [6, 6.07) is 14.0. The van der Waals surface area contributed by atoms with Gasteiger partial charge in [-0.2, -0.15) is 13.2 Å². The van der Waals surface area contributed by atoms with Crippen molar-refractivity contribution in [3.8, 4) is 0 Å². The Labute approximate surface area is 212 Å². The van der Waals surface area contributed by atoms with E-state index in [4.69, 9.17) is 21.1 Å². The van der Waals surface area contributed by atoms with Gasteiger partial charge in [-0.05, 0) is 43.9 Å². The summed E-state index contributed by atoms with van der Waals surface area (Å²) in [6.45, 7) is 3.29. The van der Waals surface area contributed by atoms with Crippen molar-refractivity contribution in [2.75, 3.05) is 13.7 Å². The highest BCUT2D eigenvalue weighted by molar-refractivity contribution is 6.20. The maximum absolute atomic E-state index is 13.5. The molecule has 2 atom stereocenters. The van der Waals surface area contributed by atoms with Gasteiger partial charge in [-0.15, -0.1) is 11.6 Å². The van der Waals surface area contributed by atoms with Crippen LogP contribution in [0.5, 0.6) is 0 Å². The van der Waals surface area contributed by atoms with E-state index in [2.05, 4.69) is 5.32 Å². The monoisotopic (exact) mass is 521 g/mol. The average molecular weight is 522 g/mol. The molecule has 0 bridgehead atoms. The first-order chi connectivity index (χ1) is 17.1. The lowest BCUT2D eigenvalue weighted by Crippen LogP contribution is -2.33. The van der Waals surface area contributed by atoms with Crippen molar-refractivity contribution in [1.29, 1.82) is 0 Å². The van der Waals surface area contributed by atoms with Gasteiger partial charge in [-0.25, -0.2) is 9.59 Å². The van der Waals surface area contributed by atoms with Crippen LogP contribution in [0, 0.1) is 0 Å². The number of dihydropyridines is 1. The molecule has 0 radical (unpaired) electrons. The van der Waals surface area contributed by atoms with Crippen LogP contribution < -0.4 is 5.32 Å². The molecule has 2 unspecified atom stereocenters. The predicted octanol–water partition coefficient (Wildman–Crippen LogP) is 6.42. The number of halogens is 4. The van der Waals surface area contributed by atoms with Crippen LogP contribution in [0.25, 0.3) is 0 Å². The van der Waals surface area contributed by atoms with E-state index < -0.39 is 29.6 Å². The van der Waals surface area contributed by atoms with E-state index in [9.17, 15) is 22.8 Å². The van der Waals surface area contributed by atoms with Crippen LogP contribution in [0.15, 0.2) is 77.1 Å². The standard InChI is InChI=1S/C27H27ClF3NO4/c1-4-36-26(34)24-21(14-13-20(28)17-9-6-5-7-10-17)32-16(2)22(25(33)35-3)23(24)18-11-8-12-19(15-18)27(29,30)31/h5-12,15,20,23,32H,4,13-14H2,1-3H3. The van der Waals surface area contributed by atoms with Gasteiger partial charge >= 0.3 is 18.1 Å². The molecule has 192 valence electrons. The highest BCUT2D eigenvalue weighted by Crippen LogP contribution is 2.42. The second-order valence-corrected chi connectivity index (χ2v) is 8.77. The summed E-state index contributed by atoms with van der Waals surface area (Å²) in [5.74, 6) is -2.62. The van der Waals surface area contributed by atoms with Crippen LogP contribution in [0.3, 0.4) is 0 Å². The van der Waals surface area contributed by atoms with Gasteiger partial charge in [0.2, 0.25) is 0 Å². The number of carbonyl (C=O) groups excluding carboxylic acids is 2. The van der Waals surface area contributed by atoms with Gasteiger partial charge in [-0.3, -0.25) is 0 Å². The quantitative estimate of drug-likeness (QED) is 0.321. The van der Waals surface area contributed by atoms with Crippen LogP contribution in [0.1, 0.15) is 54.7 Å². The number of esters is 2. The molecule has 2 aromatic carbocycles. The molecule has 1 N–H and O–H groups in total. The normalized spacial score (nSPS) is 16.9. The van der Waals surface area contributed by atoms with E-state index in [1.165, 1.54) is 19.2 Å². The first kappa shape index (κ1) is 27.3. The first-order valence-electron chi connectivity index (χ1n) is 11.4. The lowest BCUT2D eigenvalue weighted by molar-refractivity contribution is -0.139. The van der Waals surface area contributed by atoms with E-state index >= 15 is 0 Å². The molecule has 0 amide bonds. The van der Waals surface area contributed by atoms with Crippen molar-refractivity contribution in [2.45, 2.75) is 44.2 Å². The van der Waals surface area contributed by atoms with Crippen LogP contribution in [0.2, 0.25) is 0 Å². The first-order valence-corrected chi connectivity index (χ1v) is 11.8. The molecule has 0 aromatic heterocycles. The Morgan fingerprint density at radius 3 is 2.36 bits per heavy atom. The Kier molecular flexibility index (Phi) is 8.84. The van der Waals surface area contributed by atoms with Crippen LogP contribution in [-0.2, 0) is 25.2 Å². The number of allylic oxidation sites excluding steroid dienone is 2. The molecule has 2 aromatic rings. The largest absolute Gasteiger partial charge is 0.466 e. The minimum absolute atomic E-state index is 0.0362. The smallest absolute Gasteiger partial charge is 0.416 e. The van der Waals surface area contributed by atoms with Gasteiger partial charge in [0, 0.05) is 11.4 Å². The molecule has 0 saturated heterocycles. The van der Waals surface area contributed by atoms with Crippen molar-refractivity contribution >= 4 is 23.5 Å². The van der Waals surface area contributed by atoms with E-state index in [0.717, 1.165) is 17.7 Å². The second-order valence-electron chi connectivity index (χ2n) is 8.24. The fourth-order valence-corrected chi connectivity index (χ4v) is 4.51. The average Bonchev–Trinajstić information content (AvgIpc) is 2.86. The number of nitrogens with one attached hydrogen (secondary N) is 1. The Morgan fingerprint density at radius 1 is 1.06 bits per heavy atom. The zero-order chi connectivity index (χ0) is 26.5. The molecule has 0 aliphatic carbocycles. The molecular weight excluding hydrogens is 495 g/mol. The van der Waals surface area contributed by atoms with Gasteiger partial charge in [-0.1, -0.05) is 48.5 Å². The molecule has 1 aliphatic rings. The number of hydrogen-bond acceptors (Lipinski definition) is 5. The number of benzene rings is 2. The number of ether oxygens (including phenoxy) is 2. The van der Waals surface area contributed by atoms with E-state index in [1.54, 1.807) is 13.8 Å². The predicted molar refractivity (Wildman–Crippen MR) is 130 cm³/mol. The van der Waals surface area contributed by atoms with E-state index in [1.807, 2.05) is 30.3 Å². The fourth-order valence-electron chi connectivity index (χ4n) is 4.25. The fraction of sp³-hybridized carbons (Fsp3) is 0.333. The molecule has 0 saturated carbocycles. The van der Waals surface area contributed by atoms with Crippen LogP contribution in [-0.4, -0.2) is 25.7 Å². The third-order valence-corrected chi connectivity index (χ3v) is 6.37. The SMILES string of the molecule is CCOC(=O)C1=C(CCC(Cl)c2ccccc2)NC(C)=C(C(=O)OC)C1c1cccc(C(F)(F)F)c1. The Bertz CT molecular complexity index is 1180. The number of hydrogen-bond donors (Lipinski definition) is 1. The summed E-state index contributed by atoms with van der Waals surface area (Å²) < 4.78 is 50.8. The molecule has 36 heavy (non-hydrogen) atoms. The van der Waals surface area contributed by atoms with Crippen molar-refractivity contribution in [1.82, 2.24) is 5.32 Å². The van der Waals surface area contributed by atoms with E-state index in [0.29, 0.717) is 24.2 Å². The minimum Gasteiger partial charge on any atom is -0.466 e. The van der Waals surface area contributed by atoms with Crippen molar-refractivity contribution in [2.24, 2.45) is 0 Å². The maximum Gasteiger partial charge on any atom is 0.416 e. The molecule has 9 heteroatoms. The number of rotatable bonds is 8. The van der Waals surface area contributed by atoms with Crippen molar-refractivity contribution < 1.29 is 32.2 Å². The number of methoxy groups -OCH3 is 1. The van der Waals surface area contributed by atoms with Crippen molar-refractivity contribution in [3.05, 3.63) is 93.8 Å². The zero-order valence-corrected chi connectivity index (χ0v) is 20.9. The zero-order valence-electron chi connectivity index (χ0n) is 20.1. The molecule has 0 fully saturated rings. The topological polar surface area (TPSA) is 64.6 Å². The van der Waals surface area contributed by atoms with Gasteiger partial charge in [0.05, 0.1) is 41.7 Å². The molecular formula is C27H27ClF3NO4. The summed E-state index contributed by atoms with van der Waals surface area (Å²) in [5.41, 5.74) is 1.02. The van der Waals surface area contributed by atoms with E-state index in [-0.39, 0.29) is 28.7 Å². The Balaban J connectivity index is 2.13. The molecule has 3 rings (SSSR count). The van der Waals surface area contributed by atoms with Gasteiger partial charge < -0.3 is 14.8 Å². The summed E-state index contributed by atoms with van der Waals surface area (Å²) in [7, 11) is 1.17. The molecule has 0 spiro atoms. The van der Waals surface area contributed by atoms with Gasteiger partial charge in [0.15, 0.2) is 0 Å². The van der Waals surface area contributed by atoms with Gasteiger partial charge in [0.25, 0.3) is 0 Å². The maximum atomic E-state index is 13.5. The van der Waals surface area contributed by atoms with Crippen LogP contribution >= 0.6 is 11.6 Å². The Hall–Kier alpha value is -3.26. The molecule has 1 heterocycles. The number of alkyl halides is 4. The third-order valence-electron chi connectivity index (χ3n) is 5.90. The van der Waals surface area contributed by atoms with Crippen LogP contribution in [0.4, 0.5) is 13.2 Å². The van der Waals surface area contributed by atoms with Crippen molar-refractivity contribution in [3.63, 3.8) is 0 Å². The molecule has 5 nitrogen and oxygen atoms in total. The van der Waals surface area contributed by atoms with Gasteiger partial charge in [0.1, 0.15) is 0 Å². The minimum atomic E-state index is -4.61. The summed E-state index contributed by atoms with van der Waals surface area (Å²) in [4.78, 5) is 26.0.